The van der Waals surface area contributed by atoms with Crippen molar-refractivity contribution in [3.8, 4) is 0 Å². The van der Waals surface area contributed by atoms with Crippen molar-refractivity contribution in [2.24, 2.45) is 0 Å². The Balaban J connectivity index is 2.51. The molecule has 0 heterocycles. The standard InChI is InChI=1S/C11H14INO/c1-8(13-9(2)14)7-10-3-5-11(12)6-4-10/h3-6,8H,7H2,1-2H3,(H,13,14)/t8-/m0/s1. The third-order valence-electron chi connectivity index (χ3n) is 1.90. The normalized spacial score (nSPS) is 12.2. The van der Waals surface area contributed by atoms with Crippen molar-refractivity contribution in [3.05, 3.63) is 33.4 Å². The summed E-state index contributed by atoms with van der Waals surface area (Å²) >= 11 is 2.28. The van der Waals surface area contributed by atoms with Crippen LogP contribution in [0.2, 0.25) is 0 Å². The molecule has 0 saturated heterocycles. The van der Waals surface area contributed by atoms with Crippen LogP contribution in [-0.4, -0.2) is 11.9 Å². The smallest absolute Gasteiger partial charge is 0.217 e. The maximum Gasteiger partial charge on any atom is 0.217 e. The lowest BCUT2D eigenvalue weighted by atomic mass is 10.1. The Bertz CT molecular complexity index is 308. The molecule has 0 aromatic heterocycles. The molecule has 1 atom stereocenters. The van der Waals surface area contributed by atoms with E-state index in [-0.39, 0.29) is 11.9 Å². The van der Waals surface area contributed by atoms with Crippen molar-refractivity contribution in [1.29, 1.82) is 0 Å². The molecule has 0 aliphatic rings. The van der Waals surface area contributed by atoms with E-state index in [2.05, 4.69) is 52.2 Å². The van der Waals surface area contributed by atoms with E-state index in [0.717, 1.165) is 6.42 Å². The van der Waals surface area contributed by atoms with Crippen LogP contribution in [0.5, 0.6) is 0 Å². The lowest BCUT2D eigenvalue weighted by Crippen LogP contribution is -2.31. The Morgan fingerprint density at radius 3 is 2.50 bits per heavy atom. The van der Waals surface area contributed by atoms with E-state index >= 15 is 0 Å². The van der Waals surface area contributed by atoms with Crippen molar-refractivity contribution in [2.45, 2.75) is 26.3 Å². The fraction of sp³-hybridized carbons (Fsp3) is 0.364. The Morgan fingerprint density at radius 2 is 2.00 bits per heavy atom. The largest absolute Gasteiger partial charge is 0.354 e. The molecule has 1 aromatic rings. The first-order valence-corrected chi connectivity index (χ1v) is 5.67. The zero-order valence-electron chi connectivity index (χ0n) is 8.38. The second-order valence-corrected chi connectivity index (χ2v) is 4.68. The number of halogens is 1. The van der Waals surface area contributed by atoms with Crippen LogP contribution in [0.15, 0.2) is 24.3 Å². The number of hydrogen-bond donors (Lipinski definition) is 1. The molecule has 0 saturated carbocycles. The fourth-order valence-corrected chi connectivity index (χ4v) is 1.73. The number of carbonyl (C=O) groups excluding carboxylic acids is 1. The minimum absolute atomic E-state index is 0.0306. The highest BCUT2D eigenvalue weighted by Crippen LogP contribution is 2.08. The van der Waals surface area contributed by atoms with Crippen LogP contribution in [0.25, 0.3) is 0 Å². The van der Waals surface area contributed by atoms with Gasteiger partial charge in [0, 0.05) is 16.5 Å². The number of nitrogens with one attached hydrogen (secondary N) is 1. The second kappa shape index (κ2) is 5.34. The van der Waals surface area contributed by atoms with Crippen LogP contribution in [0, 0.1) is 3.57 Å². The Hall–Kier alpha value is -0.580. The van der Waals surface area contributed by atoms with Gasteiger partial charge in [-0.05, 0) is 53.6 Å². The summed E-state index contributed by atoms with van der Waals surface area (Å²) in [6.45, 7) is 3.56. The highest BCUT2D eigenvalue weighted by atomic mass is 127. The molecule has 14 heavy (non-hydrogen) atoms. The number of amides is 1. The van der Waals surface area contributed by atoms with Gasteiger partial charge in [-0.25, -0.2) is 0 Å². The predicted molar refractivity (Wildman–Crippen MR) is 66.1 cm³/mol. The van der Waals surface area contributed by atoms with Crippen LogP contribution < -0.4 is 5.32 Å². The maximum absolute atomic E-state index is 10.8. The average Bonchev–Trinajstić information content (AvgIpc) is 2.07. The van der Waals surface area contributed by atoms with Crippen LogP contribution in [0.4, 0.5) is 0 Å². The average molecular weight is 303 g/mol. The minimum Gasteiger partial charge on any atom is -0.354 e. The predicted octanol–water partition coefficient (Wildman–Crippen LogP) is 2.36. The molecule has 0 unspecified atom stereocenters. The molecule has 76 valence electrons. The lowest BCUT2D eigenvalue weighted by molar-refractivity contribution is -0.119. The molecule has 1 aromatic carbocycles. The molecule has 0 fully saturated rings. The van der Waals surface area contributed by atoms with Gasteiger partial charge in [-0.2, -0.15) is 0 Å². The van der Waals surface area contributed by atoms with Gasteiger partial charge in [-0.3, -0.25) is 4.79 Å². The van der Waals surface area contributed by atoms with Gasteiger partial charge in [-0.1, -0.05) is 12.1 Å². The van der Waals surface area contributed by atoms with E-state index < -0.39 is 0 Å². The zero-order valence-corrected chi connectivity index (χ0v) is 10.5. The summed E-state index contributed by atoms with van der Waals surface area (Å²) in [4.78, 5) is 10.8. The summed E-state index contributed by atoms with van der Waals surface area (Å²) in [5.74, 6) is 0.0306. The van der Waals surface area contributed by atoms with E-state index in [4.69, 9.17) is 0 Å². The van der Waals surface area contributed by atoms with Crippen LogP contribution in [-0.2, 0) is 11.2 Å². The summed E-state index contributed by atoms with van der Waals surface area (Å²) in [5, 5.41) is 2.87. The van der Waals surface area contributed by atoms with Crippen molar-refractivity contribution in [3.63, 3.8) is 0 Å². The summed E-state index contributed by atoms with van der Waals surface area (Å²) in [5.41, 5.74) is 1.26. The van der Waals surface area contributed by atoms with E-state index in [0.29, 0.717) is 0 Å². The van der Waals surface area contributed by atoms with Crippen molar-refractivity contribution in [1.82, 2.24) is 5.32 Å². The first kappa shape index (κ1) is 11.5. The first-order chi connectivity index (χ1) is 6.58. The van der Waals surface area contributed by atoms with E-state index in [1.807, 2.05) is 6.92 Å². The maximum atomic E-state index is 10.8. The van der Waals surface area contributed by atoms with E-state index in [1.165, 1.54) is 9.13 Å². The van der Waals surface area contributed by atoms with E-state index in [9.17, 15) is 4.79 Å². The summed E-state index contributed by atoms with van der Waals surface area (Å²) in [7, 11) is 0. The molecule has 0 aliphatic heterocycles. The Kier molecular flexibility index (Phi) is 4.38. The quantitative estimate of drug-likeness (QED) is 0.853. The molecule has 0 bridgehead atoms. The molecule has 1 N–H and O–H groups in total. The van der Waals surface area contributed by atoms with Crippen molar-refractivity contribution < 1.29 is 4.79 Å². The zero-order chi connectivity index (χ0) is 10.6. The van der Waals surface area contributed by atoms with Gasteiger partial charge < -0.3 is 5.32 Å². The fourth-order valence-electron chi connectivity index (χ4n) is 1.37. The molecule has 0 aliphatic carbocycles. The minimum atomic E-state index is 0.0306. The molecule has 0 radical (unpaired) electrons. The summed E-state index contributed by atoms with van der Waals surface area (Å²) in [6, 6.07) is 8.56. The second-order valence-electron chi connectivity index (χ2n) is 3.43. The molecular formula is C11H14INO. The number of rotatable bonds is 3. The third kappa shape index (κ3) is 4.09. The number of benzene rings is 1. The highest BCUT2D eigenvalue weighted by molar-refractivity contribution is 14.1. The topological polar surface area (TPSA) is 29.1 Å². The monoisotopic (exact) mass is 303 g/mol. The molecule has 3 heteroatoms. The molecule has 1 rings (SSSR count). The Labute approximate surface area is 98.2 Å². The lowest BCUT2D eigenvalue weighted by Gasteiger charge is -2.12. The van der Waals surface area contributed by atoms with Gasteiger partial charge in [0.05, 0.1) is 0 Å². The third-order valence-corrected chi connectivity index (χ3v) is 2.62. The van der Waals surface area contributed by atoms with Crippen LogP contribution in [0.3, 0.4) is 0 Å². The van der Waals surface area contributed by atoms with Gasteiger partial charge in [-0.15, -0.1) is 0 Å². The van der Waals surface area contributed by atoms with Gasteiger partial charge in [0.1, 0.15) is 0 Å². The van der Waals surface area contributed by atoms with Crippen molar-refractivity contribution in [2.75, 3.05) is 0 Å². The molecule has 0 spiro atoms. The Morgan fingerprint density at radius 1 is 1.43 bits per heavy atom. The van der Waals surface area contributed by atoms with Crippen LogP contribution >= 0.6 is 22.6 Å². The van der Waals surface area contributed by atoms with Gasteiger partial charge >= 0.3 is 0 Å². The van der Waals surface area contributed by atoms with Crippen LogP contribution in [0.1, 0.15) is 19.4 Å². The summed E-state index contributed by atoms with van der Waals surface area (Å²) < 4.78 is 1.23. The number of hydrogen-bond acceptors (Lipinski definition) is 1. The first-order valence-electron chi connectivity index (χ1n) is 4.59. The molecule has 2 nitrogen and oxygen atoms in total. The molecule has 1 amide bonds. The molecular weight excluding hydrogens is 289 g/mol. The van der Waals surface area contributed by atoms with E-state index in [1.54, 1.807) is 6.92 Å². The SMILES string of the molecule is CC(=O)N[C@@H](C)Cc1ccc(I)cc1. The van der Waals surface area contributed by atoms with Crippen molar-refractivity contribution >= 4 is 28.5 Å². The summed E-state index contributed by atoms with van der Waals surface area (Å²) in [6.07, 6.45) is 0.885. The van der Waals surface area contributed by atoms with Gasteiger partial charge in [0.15, 0.2) is 0 Å². The number of carbonyl (C=O) groups is 1. The highest BCUT2D eigenvalue weighted by Gasteiger charge is 2.03. The van der Waals surface area contributed by atoms with Gasteiger partial charge in [0.2, 0.25) is 5.91 Å². The van der Waals surface area contributed by atoms with Gasteiger partial charge in [0.25, 0.3) is 0 Å².